The van der Waals surface area contributed by atoms with Gasteiger partial charge in [-0.25, -0.2) is 0 Å². The van der Waals surface area contributed by atoms with E-state index in [0.29, 0.717) is 6.54 Å². The van der Waals surface area contributed by atoms with Crippen LogP contribution >= 0.6 is 0 Å². The number of nitrogens with two attached hydrogens (primary N) is 1. The lowest BCUT2D eigenvalue weighted by molar-refractivity contribution is -0.120. The van der Waals surface area contributed by atoms with Crippen molar-refractivity contribution >= 4 is 5.91 Å². The van der Waals surface area contributed by atoms with Crippen molar-refractivity contribution in [2.24, 2.45) is 5.73 Å². The van der Waals surface area contributed by atoms with Gasteiger partial charge in [0.2, 0.25) is 5.91 Å². The molecule has 2 aliphatic heterocycles. The molecule has 0 bridgehead atoms. The second kappa shape index (κ2) is 5.49. The molecule has 7 heteroatoms. The minimum atomic E-state index is -0.269. The first kappa shape index (κ1) is 13.5. The molecular weight excluding hydrogens is 256 g/mol. The van der Waals surface area contributed by atoms with Gasteiger partial charge in [-0.05, 0) is 26.4 Å². The van der Waals surface area contributed by atoms with Crippen molar-refractivity contribution in [1.29, 1.82) is 0 Å². The Morgan fingerprint density at radius 1 is 1.30 bits per heavy atom. The maximum atomic E-state index is 11.2. The Kier molecular flexibility index (Phi) is 3.71. The quantitative estimate of drug-likeness (QED) is 0.823. The van der Waals surface area contributed by atoms with Crippen LogP contribution in [0.4, 0.5) is 0 Å². The molecule has 0 aliphatic carbocycles. The predicted molar refractivity (Wildman–Crippen MR) is 73.7 cm³/mol. The van der Waals surface area contributed by atoms with Crippen LogP contribution in [0.1, 0.15) is 37.0 Å². The van der Waals surface area contributed by atoms with E-state index in [-0.39, 0.29) is 11.9 Å². The number of aromatic nitrogens is 3. The van der Waals surface area contributed by atoms with Crippen LogP contribution in [0, 0.1) is 0 Å². The van der Waals surface area contributed by atoms with Crippen LogP contribution in [0.25, 0.3) is 0 Å². The second-order valence-corrected chi connectivity index (χ2v) is 5.81. The maximum Gasteiger partial charge on any atom is 0.231 e. The highest BCUT2D eigenvalue weighted by Crippen LogP contribution is 2.30. The molecule has 1 aromatic rings. The van der Waals surface area contributed by atoms with E-state index in [2.05, 4.69) is 31.6 Å². The number of piperidine rings is 1. The summed E-state index contributed by atoms with van der Waals surface area (Å²) in [6.45, 7) is 4.01. The first-order valence-electron chi connectivity index (χ1n) is 7.28. The zero-order valence-corrected chi connectivity index (χ0v) is 12.0. The molecule has 0 radical (unpaired) electrons. The molecule has 0 aromatic carbocycles. The standard InChI is InChI=1S/C13H22N6O/c1-17-6-7-19-12(9-17)15-16-13(19)10-4-2-3-5-18(10)8-11(14)20/h10H,2-9H2,1H3,(H2,14,20). The van der Waals surface area contributed by atoms with Crippen LogP contribution in [0.15, 0.2) is 0 Å². The molecule has 110 valence electrons. The van der Waals surface area contributed by atoms with Crippen molar-refractivity contribution in [3.63, 3.8) is 0 Å². The van der Waals surface area contributed by atoms with E-state index in [1.807, 2.05) is 0 Å². The molecule has 1 atom stereocenters. The Labute approximate surface area is 118 Å². The van der Waals surface area contributed by atoms with E-state index >= 15 is 0 Å². The Morgan fingerprint density at radius 3 is 2.95 bits per heavy atom. The van der Waals surface area contributed by atoms with Gasteiger partial charge in [0.25, 0.3) is 0 Å². The van der Waals surface area contributed by atoms with Gasteiger partial charge in [0.15, 0.2) is 5.82 Å². The number of rotatable bonds is 3. The molecule has 1 aromatic heterocycles. The summed E-state index contributed by atoms with van der Waals surface area (Å²) in [5.74, 6) is 1.77. The number of hydrogen-bond acceptors (Lipinski definition) is 5. The fraction of sp³-hybridized carbons (Fsp3) is 0.769. The van der Waals surface area contributed by atoms with E-state index in [4.69, 9.17) is 5.73 Å². The summed E-state index contributed by atoms with van der Waals surface area (Å²) in [5.41, 5.74) is 5.36. The van der Waals surface area contributed by atoms with E-state index < -0.39 is 0 Å². The molecule has 3 heterocycles. The number of amides is 1. The summed E-state index contributed by atoms with van der Waals surface area (Å²) >= 11 is 0. The first-order valence-corrected chi connectivity index (χ1v) is 7.28. The van der Waals surface area contributed by atoms with Crippen molar-refractivity contribution < 1.29 is 4.79 Å². The summed E-state index contributed by atoms with van der Waals surface area (Å²) < 4.78 is 2.23. The number of carbonyl (C=O) groups excluding carboxylic acids is 1. The fourth-order valence-electron chi connectivity index (χ4n) is 3.22. The third-order valence-corrected chi connectivity index (χ3v) is 4.24. The van der Waals surface area contributed by atoms with Crippen molar-refractivity contribution in [1.82, 2.24) is 24.6 Å². The van der Waals surface area contributed by atoms with Gasteiger partial charge in [-0.1, -0.05) is 6.42 Å². The zero-order chi connectivity index (χ0) is 14.1. The van der Waals surface area contributed by atoms with E-state index in [9.17, 15) is 4.79 Å². The van der Waals surface area contributed by atoms with Gasteiger partial charge < -0.3 is 10.3 Å². The van der Waals surface area contributed by atoms with E-state index in [1.54, 1.807) is 0 Å². The van der Waals surface area contributed by atoms with Gasteiger partial charge in [-0.15, -0.1) is 10.2 Å². The predicted octanol–water partition coefficient (Wildman–Crippen LogP) is -0.264. The number of hydrogen-bond donors (Lipinski definition) is 1. The van der Waals surface area contributed by atoms with Crippen LogP contribution < -0.4 is 5.73 Å². The molecule has 2 aliphatic rings. The minimum absolute atomic E-state index is 0.181. The Hall–Kier alpha value is -1.47. The van der Waals surface area contributed by atoms with Crippen LogP contribution in [0.5, 0.6) is 0 Å². The number of fused-ring (bicyclic) bond motifs is 1. The highest BCUT2D eigenvalue weighted by Gasteiger charge is 2.31. The smallest absolute Gasteiger partial charge is 0.231 e. The van der Waals surface area contributed by atoms with Gasteiger partial charge in [-0.2, -0.15) is 0 Å². The third kappa shape index (κ3) is 2.55. The average molecular weight is 278 g/mol. The third-order valence-electron chi connectivity index (χ3n) is 4.24. The molecule has 0 saturated carbocycles. The average Bonchev–Trinajstić information content (AvgIpc) is 2.81. The highest BCUT2D eigenvalue weighted by atomic mass is 16.1. The molecule has 0 spiro atoms. The Balaban J connectivity index is 1.85. The molecular formula is C13H22N6O. The Bertz CT molecular complexity index is 499. The lowest BCUT2D eigenvalue weighted by Gasteiger charge is -2.35. The molecule has 7 nitrogen and oxygen atoms in total. The van der Waals surface area contributed by atoms with Crippen LogP contribution in [0.2, 0.25) is 0 Å². The van der Waals surface area contributed by atoms with Crippen molar-refractivity contribution in [3.05, 3.63) is 11.6 Å². The number of nitrogens with zero attached hydrogens (tertiary/aromatic N) is 5. The van der Waals surface area contributed by atoms with Crippen molar-refractivity contribution in [2.45, 2.75) is 38.4 Å². The molecule has 1 fully saturated rings. The molecule has 2 N–H and O–H groups in total. The maximum absolute atomic E-state index is 11.2. The van der Waals surface area contributed by atoms with Gasteiger partial charge in [0, 0.05) is 13.1 Å². The molecule has 20 heavy (non-hydrogen) atoms. The number of carbonyl (C=O) groups is 1. The molecule has 1 unspecified atom stereocenters. The number of likely N-dealkylation sites (N-methyl/N-ethyl adjacent to an activating group) is 1. The molecule has 1 amide bonds. The Morgan fingerprint density at radius 2 is 2.15 bits per heavy atom. The van der Waals surface area contributed by atoms with Gasteiger partial charge >= 0.3 is 0 Å². The SMILES string of the molecule is CN1CCn2c(nnc2C2CCCCN2CC(N)=O)C1. The van der Waals surface area contributed by atoms with Crippen molar-refractivity contribution in [2.75, 3.05) is 26.7 Å². The van der Waals surface area contributed by atoms with Gasteiger partial charge in [0.05, 0.1) is 19.1 Å². The van der Waals surface area contributed by atoms with Crippen LogP contribution in [-0.4, -0.2) is 57.2 Å². The minimum Gasteiger partial charge on any atom is -0.369 e. The van der Waals surface area contributed by atoms with E-state index in [0.717, 1.165) is 50.7 Å². The van der Waals surface area contributed by atoms with Crippen molar-refractivity contribution in [3.8, 4) is 0 Å². The number of likely N-dealkylation sites (tertiary alicyclic amines) is 1. The monoisotopic (exact) mass is 278 g/mol. The zero-order valence-electron chi connectivity index (χ0n) is 12.0. The summed E-state index contributed by atoms with van der Waals surface area (Å²) in [5, 5.41) is 8.73. The normalized spacial score (nSPS) is 24.6. The van der Waals surface area contributed by atoms with Gasteiger partial charge in [0.1, 0.15) is 5.82 Å². The largest absolute Gasteiger partial charge is 0.369 e. The molecule has 3 rings (SSSR count). The molecule has 1 saturated heterocycles. The number of primary amides is 1. The summed E-state index contributed by atoms with van der Waals surface area (Å²) in [6.07, 6.45) is 3.32. The van der Waals surface area contributed by atoms with E-state index in [1.165, 1.54) is 6.42 Å². The highest BCUT2D eigenvalue weighted by molar-refractivity contribution is 5.76. The second-order valence-electron chi connectivity index (χ2n) is 5.81. The fourth-order valence-corrected chi connectivity index (χ4v) is 3.22. The summed E-state index contributed by atoms with van der Waals surface area (Å²) in [7, 11) is 2.10. The van der Waals surface area contributed by atoms with Gasteiger partial charge in [-0.3, -0.25) is 14.6 Å². The first-order chi connectivity index (χ1) is 9.65. The summed E-state index contributed by atoms with van der Waals surface area (Å²) in [4.78, 5) is 15.6. The summed E-state index contributed by atoms with van der Waals surface area (Å²) in [6, 6.07) is 0.181. The van der Waals surface area contributed by atoms with Crippen LogP contribution in [0.3, 0.4) is 0 Å². The lowest BCUT2D eigenvalue weighted by Crippen LogP contribution is -2.41. The lowest BCUT2D eigenvalue weighted by atomic mass is 10.0. The van der Waals surface area contributed by atoms with Crippen LogP contribution in [-0.2, 0) is 17.9 Å². The topological polar surface area (TPSA) is 80.3 Å².